The zero-order valence-corrected chi connectivity index (χ0v) is 16.1. The van der Waals surface area contributed by atoms with Gasteiger partial charge in [-0.05, 0) is 60.9 Å². The van der Waals surface area contributed by atoms with Crippen molar-refractivity contribution in [1.82, 2.24) is 5.32 Å². The van der Waals surface area contributed by atoms with Crippen molar-refractivity contribution < 1.29 is 14.0 Å². The van der Waals surface area contributed by atoms with Gasteiger partial charge in [0.15, 0.2) is 0 Å². The van der Waals surface area contributed by atoms with Crippen LogP contribution in [0.3, 0.4) is 0 Å². The Bertz CT molecular complexity index is 973. The lowest BCUT2D eigenvalue weighted by Crippen LogP contribution is -2.23. The van der Waals surface area contributed by atoms with Gasteiger partial charge in [0.25, 0.3) is 11.8 Å². The van der Waals surface area contributed by atoms with Crippen LogP contribution in [-0.4, -0.2) is 18.1 Å². The number of benzene rings is 3. The first-order valence-corrected chi connectivity index (χ1v) is 9.86. The number of amides is 2. The van der Waals surface area contributed by atoms with Gasteiger partial charge in [0, 0.05) is 33.8 Å². The van der Waals surface area contributed by atoms with Crippen molar-refractivity contribution >= 4 is 29.3 Å². The zero-order valence-electron chi connectivity index (χ0n) is 15.2. The van der Waals surface area contributed by atoms with Crippen LogP contribution in [0.15, 0.2) is 77.7 Å². The highest BCUT2D eigenvalue weighted by atomic mass is 32.2. The quantitative estimate of drug-likeness (QED) is 0.594. The number of carbonyl (C=O) groups is 2. The minimum atomic E-state index is -0.355. The molecule has 3 aromatic carbocycles. The van der Waals surface area contributed by atoms with Crippen LogP contribution in [-0.2, 0) is 6.54 Å². The largest absolute Gasteiger partial charge is 0.348 e. The predicted molar refractivity (Wildman–Crippen MR) is 110 cm³/mol. The number of anilines is 1. The molecule has 0 aliphatic heterocycles. The van der Waals surface area contributed by atoms with E-state index >= 15 is 0 Å². The van der Waals surface area contributed by atoms with Crippen molar-refractivity contribution in [3.63, 3.8) is 0 Å². The third kappa shape index (κ3) is 4.98. The highest BCUT2D eigenvalue weighted by Gasteiger charge is 2.09. The van der Waals surface area contributed by atoms with E-state index in [-0.39, 0.29) is 24.2 Å². The molecule has 6 heteroatoms. The second kappa shape index (κ2) is 9.19. The van der Waals surface area contributed by atoms with Crippen LogP contribution < -0.4 is 10.6 Å². The fourth-order valence-electron chi connectivity index (χ4n) is 2.57. The number of nitrogens with one attached hydrogen (secondary N) is 2. The summed E-state index contributed by atoms with van der Waals surface area (Å²) in [5.41, 5.74) is 2.00. The van der Waals surface area contributed by atoms with Crippen molar-refractivity contribution in [2.45, 2.75) is 11.4 Å². The van der Waals surface area contributed by atoms with E-state index in [1.807, 2.05) is 18.4 Å². The van der Waals surface area contributed by atoms with Gasteiger partial charge in [-0.15, -0.1) is 11.8 Å². The lowest BCUT2D eigenvalue weighted by molar-refractivity contribution is 0.0950. The molecule has 0 atom stereocenters. The Balaban J connectivity index is 1.58. The Labute approximate surface area is 167 Å². The van der Waals surface area contributed by atoms with Crippen molar-refractivity contribution in [1.29, 1.82) is 0 Å². The molecule has 0 unspecified atom stereocenters. The Morgan fingerprint density at radius 1 is 0.857 bits per heavy atom. The lowest BCUT2D eigenvalue weighted by atomic mass is 10.1. The summed E-state index contributed by atoms with van der Waals surface area (Å²) < 4.78 is 13.6. The summed E-state index contributed by atoms with van der Waals surface area (Å²) in [4.78, 5) is 25.6. The summed E-state index contributed by atoms with van der Waals surface area (Å²) >= 11 is 1.61. The number of hydrogen-bond donors (Lipinski definition) is 2. The minimum absolute atomic E-state index is 0.107. The molecule has 2 amide bonds. The first-order valence-electron chi connectivity index (χ1n) is 8.64. The molecule has 0 bridgehead atoms. The maximum atomic E-state index is 13.6. The normalized spacial score (nSPS) is 10.4. The summed E-state index contributed by atoms with van der Waals surface area (Å²) in [7, 11) is 0. The zero-order chi connectivity index (χ0) is 19.9. The fourth-order valence-corrected chi connectivity index (χ4v) is 2.98. The highest BCUT2D eigenvalue weighted by Crippen LogP contribution is 2.16. The van der Waals surface area contributed by atoms with Crippen molar-refractivity contribution in [2.75, 3.05) is 11.6 Å². The van der Waals surface area contributed by atoms with Crippen molar-refractivity contribution in [2.24, 2.45) is 0 Å². The number of hydrogen-bond acceptors (Lipinski definition) is 3. The number of carbonyl (C=O) groups excluding carboxylic acids is 2. The first-order chi connectivity index (χ1) is 13.6. The topological polar surface area (TPSA) is 58.2 Å². The molecular weight excluding hydrogens is 375 g/mol. The third-order valence-electron chi connectivity index (χ3n) is 4.15. The molecule has 0 fully saturated rings. The maximum Gasteiger partial charge on any atom is 0.255 e. The van der Waals surface area contributed by atoms with Crippen molar-refractivity contribution in [3.8, 4) is 0 Å². The monoisotopic (exact) mass is 394 g/mol. The molecule has 0 radical (unpaired) electrons. The second-order valence-electron chi connectivity index (χ2n) is 6.03. The Hall–Kier alpha value is -3.12. The molecule has 4 nitrogen and oxygen atoms in total. The number of halogens is 1. The van der Waals surface area contributed by atoms with E-state index in [9.17, 15) is 14.0 Å². The van der Waals surface area contributed by atoms with Crippen LogP contribution in [0.5, 0.6) is 0 Å². The average molecular weight is 394 g/mol. The highest BCUT2D eigenvalue weighted by molar-refractivity contribution is 7.98. The standard InChI is InChI=1S/C22H19FN2O2S/c1-28-19-12-8-16(9-13-19)22(27)25-18-10-6-15(7-11-18)21(26)24-14-17-4-2-3-5-20(17)23/h2-13H,14H2,1H3,(H,24,26)(H,25,27). The van der Waals surface area contributed by atoms with E-state index < -0.39 is 0 Å². The molecular formula is C22H19FN2O2S. The van der Waals surface area contributed by atoms with Gasteiger partial charge in [-0.3, -0.25) is 9.59 Å². The molecule has 3 rings (SSSR count). The van der Waals surface area contributed by atoms with Gasteiger partial charge in [-0.25, -0.2) is 4.39 Å². The van der Waals surface area contributed by atoms with Gasteiger partial charge in [0.1, 0.15) is 5.82 Å². The molecule has 3 aromatic rings. The average Bonchev–Trinajstić information content (AvgIpc) is 2.73. The molecule has 0 aliphatic carbocycles. The Morgan fingerprint density at radius 2 is 1.46 bits per heavy atom. The fraction of sp³-hybridized carbons (Fsp3) is 0.0909. The molecule has 0 aliphatic rings. The van der Waals surface area contributed by atoms with Crippen LogP contribution in [0.25, 0.3) is 0 Å². The first kappa shape index (κ1) is 19.6. The van der Waals surface area contributed by atoms with E-state index in [1.165, 1.54) is 6.07 Å². The summed E-state index contributed by atoms with van der Waals surface area (Å²) in [5, 5.41) is 5.48. The third-order valence-corrected chi connectivity index (χ3v) is 4.90. The number of rotatable bonds is 6. The Morgan fingerprint density at radius 3 is 2.11 bits per heavy atom. The molecule has 0 spiro atoms. The van der Waals surface area contributed by atoms with Crippen LogP contribution in [0.4, 0.5) is 10.1 Å². The second-order valence-corrected chi connectivity index (χ2v) is 6.91. The molecule has 0 saturated heterocycles. The van der Waals surface area contributed by atoms with Gasteiger partial charge in [0.05, 0.1) is 0 Å². The van der Waals surface area contributed by atoms with Gasteiger partial charge in [0.2, 0.25) is 0 Å². The minimum Gasteiger partial charge on any atom is -0.348 e. The number of thioether (sulfide) groups is 1. The SMILES string of the molecule is CSc1ccc(C(=O)Nc2ccc(C(=O)NCc3ccccc3F)cc2)cc1. The van der Waals surface area contributed by atoms with E-state index in [0.717, 1.165) is 4.90 Å². The summed E-state index contributed by atoms with van der Waals surface area (Å²) in [6, 6.07) is 20.2. The van der Waals surface area contributed by atoms with E-state index in [0.29, 0.717) is 22.4 Å². The smallest absolute Gasteiger partial charge is 0.255 e. The molecule has 0 saturated carbocycles. The molecule has 28 heavy (non-hydrogen) atoms. The summed E-state index contributed by atoms with van der Waals surface area (Å²) in [6.45, 7) is 0.107. The molecule has 0 aromatic heterocycles. The molecule has 2 N–H and O–H groups in total. The van der Waals surface area contributed by atoms with Crippen molar-refractivity contribution in [3.05, 3.63) is 95.3 Å². The van der Waals surface area contributed by atoms with Gasteiger partial charge >= 0.3 is 0 Å². The summed E-state index contributed by atoms with van der Waals surface area (Å²) in [6.07, 6.45) is 1.98. The van der Waals surface area contributed by atoms with Gasteiger partial charge in [-0.1, -0.05) is 18.2 Å². The molecule has 0 heterocycles. The summed E-state index contributed by atoms with van der Waals surface area (Å²) in [5.74, 6) is -0.885. The van der Waals surface area contributed by atoms with E-state index in [4.69, 9.17) is 0 Å². The van der Waals surface area contributed by atoms with Gasteiger partial charge < -0.3 is 10.6 Å². The van der Waals surface area contributed by atoms with Gasteiger partial charge in [-0.2, -0.15) is 0 Å². The van der Waals surface area contributed by atoms with E-state index in [2.05, 4.69) is 10.6 Å². The van der Waals surface area contributed by atoms with Crippen LogP contribution in [0, 0.1) is 5.82 Å². The van der Waals surface area contributed by atoms with Crippen LogP contribution in [0.2, 0.25) is 0 Å². The molecule has 142 valence electrons. The van der Waals surface area contributed by atoms with Crippen LogP contribution in [0.1, 0.15) is 26.3 Å². The van der Waals surface area contributed by atoms with Crippen LogP contribution >= 0.6 is 11.8 Å². The maximum absolute atomic E-state index is 13.6. The Kier molecular flexibility index (Phi) is 6.45. The lowest BCUT2D eigenvalue weighted by Gasteiger charge is -2.08. The van der Waals surface area contributed by atoms with E-state index in [1.54, 1.807) is 66.4 Å². The predicted octanol–water partition coefficient (Wildman–Crippen LogP) is 4.73.